The third kappa shape index (κ3) is 5.13. The van der Waals surface area contributed by atoms with Crippen molar-refractivity contribution in [1.29, 1.82) is 0 Å². The minimum absolute atomic E-state index is 0.0706. The van der Waals surface area contributed by atoms with Crippen molar-refractivity contribution in [2.45, 2.75) is 39.7 Å². The smallest absolute Gasteiger partial charge is 0.274 e. The Hall–Kier alpha value is -3.28. The van der Waals surface area contributed by atoms with E-state index in [1.165, 1.54) is 5.56 Å². The molecule has 6 heteroatoms. The van der Waals surface area contributed by atoms with E-state index >= 15 is 0 Å². The molecule has 0 atom stereocenters. The molecule has 0 bridgehead atoms. The molecule has 0 saturated carbocycles. The van der Waals surface area contributed by atoms with Crippen LogP contribution in [0.5, 0.6) is 0 Å². The largest absolute Gasteiger partial charge is 0.366 e. The van der Waals surface area contributed by atoms with E-state index in [0.717, 1.165) is 11.3 Å². The molecule has 1 aromatic carbocycles. The fourth-order valence-electron chi connectivity index (χ4n) is 2.72. The highest BCUT2D eigenvalue weighted by Gasteiger charge is 2.14. The zero-order valence-electron chi connectivity index (χ0n) is 16.7. The average Bonchev–Trinajstić information content (AvgIpc) is 2.66. The molecule has 0 unspecified atom stereocenters. The average molecular weight is 375 g/mol. The van der Waals surface area contributed by atoms with Crippen LogP contribution in [0.3, 0.4) is 0 Å². The molecule has 2 heterocycles. The van der Waals surface area contributed by atoms with Crippen LogP contribution in [0.15, 0.2) is 54.9 Å². The lowest BCUT2D eigenvalue weighted by molar-refractivity contribution is 0.102. The molecular formula is C22H25N5O. The lowest BCUT2D eigenvalue weighted by atomic mass is 9.87. The van der Waals surface area contributed by atoms with Gasteiger partial charge < -0.3 is 10.6 Å². The number of aromatic nitrogens is 3. The molecule has 0 spiro atoms. The van der Waals surface area contributed by atoms with E-state index in [1.54, 1.807) is 25.4 Å². The number of hydrogen-bond donors (Lipinski definition) is 2. The normalized spacial score (nSPS) is 11.1. The SMILES string of the molecule is Cc1nc(NCc2cccnc2)cc(C(=O)Nc2ccc(C(C)(C)C)cc2)n1. The Balaban J connectivity index is 1.70. The first kappa shape index (κ1) is 19.5. The molecule has 6 nitrogen and oxygen atoms in total. The van der Waals surface area contributed by atoms with Crippen molar-refractivity contribution in [2.75, 3.05) is 10.6 Å². The van der Waals surface area contributed by atoms with Crippen LogP contribution in [0, 0.1) is 6.92 Å². The van der Waals surface area contributed by atoms with Gasteiger partial charge in [-0.3, -0.25) is 9.78 Å². The molecule has 3 aromatic rings. The second-order valence-electron chi connectivity index (χ2n) is 7.68. The van der Waals surface area contributed by atoms with Gasteiger partial charge in [-0.1, -0.05) is 39.0 Å². The topological polar surface area (TPSA) is 79.8 Å². The van der Waals surface area contributed by atoms with Crippen molar-refractivity contribution in [1.82, 2.24) is 15.0 Å². The van der Waals surface area contributed by atoms with Gasteiger partial charge in [-0.2, -0.15) is 0 Å². The van der Waals surface area contributed by atoms with Crippen LogP contribution in [0.1, 0.15) is 48.2 Å². The van der Waals surface area contributed by atoms with Crippen molar-refractivity contribution in [2.24, 2.45) is 0 Å². The Morgan fingerprint density at radius 1 is 1.07 bits per heavy atom. The Labute approximate surface area is 165 Å². The fourth-order valence-corrected chi connectivity index (χ4v) is 2.72. The molecular weight excluding hydrogens is 350 g/mol. The Morgan fingerprint density at radius 2 is 1.82 bits per heavy atom. The van der Waals surface area contributed by atoms with Gasteiger partial charge in [0.15, 0.2) is 0 Å². The number of rotatable bonds is 5. The van der Waals surface area contributed by atoms with Gasteiger partial charge in [0.2, 0.25) is 0 Å². The van der Waals surface area contributed by atoms with Crippen LogP contribution < -0.4 is 10.6 Å². The molecule has 2 N–H and O–H groups in total. The molecule has 0 aliphatic rings. The maximum absolute atomic E-state index is 12.6. The van der Waals surface area contributed by atoms with Gasteiger partial charge in [0, 0.05) is 30.7 Å². The molecule has 144 valence electrons. The zero-order valence-corrected chi connectivity index (χ0v) is 16.7. The number of hydrogen-bond acceptors (Lipinski definition) is 5. The van der Waals surface area contributed by atoms with E-state index in [4.69, 9.17) is 0 Å². The summed E-state index contributed by atoms with van der Waals surface area (Å²) in [4.78, 5) is 25.3. The summed E-state index contributed by atoms with van der Waals surface area (Å²) in [7, 11) is 0. The molecule has 2 aromatic heterocycles. The van der Waals surface area contributed by atoms with E-state index in [1.807, 2.05) is 36.4 Å². The molecule has 0 aliphatic heterocycles. The van der Waals surface area contributed by atoms with Gasteiger partial charge in [0.25, 0.3) is 5.91 Å². The van der Waals surface area contributed by atoms with Gasteiger partial charge in [-0.15, -0.1) is 0 Å². The number of pyridine rings is 1. The first-order chi connectivity index (χ1) is 13.3. The summed E-state index contributed by atoms with van der Waals surface area (Å²) in [5.74, 6) is 0.868. The van der Waals surface area contributed by atoms with Crippen LogP contribution in [-0.4, -0.2) is 20.9 Å². The Kier molecular flexibility index (Phi) is 5.68. The summed E-state index contributed by atoms with van der Waals surface area (Å²) in [6.45, 7) is 8.81. The third-order valence-corrected chi connectivity index (χ3v) is 4.28. The molecule has 0 radical (unpaired) electrons. The summed E-state index contributed by atoms with van der Waals surface area (Å²) < 4.78 is 0. The number of nitrogens with one attached hydrogen (secondary N) is 2. The summed E-state index contributed by atoms with van der Waals surface area (Å²) in [6.07, 6.45) is 3.52. The van der Waals surface area contributed by atoms with Gasteiger partial charge in [-0.05, 0) is 41.7 Å². The number of carbonyl (C=O) groups excluding carboxylic acids is 1. The highest BCUT2D eigenvalue weighted by Crippen LogP contribution is 2.23. The fraction of sp³-hybridized carbons (Fsp3) is 0.273. The van der Waals surface area contributed by atoms with Gasteiger partial charge in [0.05, 0.1) is 0 Å². The summed E-state index contributed by atoms with van der Waals surface area (Å²) in [5, 5.41) is 6.11. The second kappa shape index (κ2) is 8.17. The van der Waals surface area contributed by atoms with Crippen LogP contribution in [0.25, 0.3) is 0 Å². The van der Waals surface area contributed by atoms with Crippen LogP contribution in [0.4, 0.5) is 11.5 Å². The second-order valence-corrected chi connectivity index (χ2v) is 7.68. The quantitative estimate of drug-likeness (QED) is 0.693. The molecule has 3 rings (SSSR count). The van der Waals surface area contributed by atoms with E-state index < -0.39 is 0 Å². The maximum atomic E-state index is 12.6. The van der Waals surface area contributed by atoms with Crippen molar-refractivity contribution in [3.63, 3.8) is 0 Å². The molecule has 28 heavy (non-hydrogen) atoms. The molecule has 0 aliphatic carbocycles. The highest BCUT2D eigenvalue weighted by molar-refractivity contribution is 6.03. The number of nitrogens with zero attached hydrogens (tertiary/aromatic N) is 3. The monoisotopic (exact) mass is 375 g/mol. The van der Waals surface area contributed by atoms with E-state index in [-0.39, 0.29) is 11.3 Å². The molecule has 0 saturated heterocycles. The summed E-state index contributed by atoms with van der Waals surface area (Å²) >= 11 is 0. The molecule has 0 fully saturated rings. The number of benzene rings is 1. The standard InChI is InChI=1S/C22H25N5O/c1-15-25-19(12-20(26-15)24-14-16-6-5-11-23-13-16)21(28)27-18-9-7-17(8-10-18)22(2,3)4/h5-13H,14H2,1-4H3,(H,27,28)(H,24,25,26). The van der Waals surface area contributed by atoms with Gasteiger partial charge in [0.1, 0.15) is 17.3 Å². The third-order valence-electron chi connectivity index (χ3n) is 4.28. The number of carbonyl (C=O) groups is 1. The van der Waals surface area contributed by atoms with Crippen molar-refractivity contribution < 1.29 is 4.79 Å². The summed E-state index contributed by atoms with van der Waals surface area (Å²) in [5.41, 5.74) is 3.37. The lowest BCUT2D eigenvalue weighted by Gasteiger charge is -2.19. The maximum Gasteiger partial charge on any atom is 0.274 e. The highest BCUT2D eigenvalue weighted by atomic mass is 16.1. The van der Waals surface area contributed by atoms with Crippen molar-refractivity contribution in [3.8, 4) is 0 Å². The number of amides is 1. The van der Waals surface area contributed by atoms with Crippen molar-refractivity contribution >= 4 is 17.4 Å². The van der Waals surface area contributed by atoms with Crippen LogP contribution >= 0.6 is 0 Å². The Bertz CT molecular complexity index is 947. The minimum Gasteiger partial charge on any atom is -0.366 e. The van der Waals surface area contributed by atoms with E-state index in [0.29, 0.717) is 23.9 Å². The van der Waals surface area contributed by atoms with Crippen molar-refractivity contribution in [3.05, 3.63) is 77.5 Å². The zero-order chi connectivity index (χ0) is 20.1. The first-order valence-corrected chi connectivity index (χ1v) is 9.21. The first-order valence-electron chi connectivity index (χ1n) is 9.21. The lowest BCUT2D eigenvalue weighted by Crippen LogP contribution is -2.16. The summed E-state index contributed by atoms with van der Waals surface area (Å²) in [6, 6.07) is 13.4. The molecule has 1 amide bonds. The predicted octanol–water partition coefficient (Wildman–Crippen LogP) is 4.34. The number of anilines is 2. The minimum atomic E-state index is -0.265. The predicted molar refractivity (Wildman–Crippen MR) is 111 cm³/mol. The van der Waals surface area contributed by atoms with E-state index in [2.05, 4.69) is 46.4 Å². The Morgan fingerprint density at radius 3 is 2.46 bits per heavy atom. The van der Waals surface area contributed by atoms with Crippen LogP contribution in [-0.2, 0) is 12.0 Å². The number of aryl methyl sites for hydroxylation is 1. The van der Waals surface area contributed by atoms with E-state index in [9.17, 15) is 4.79 Å². The van der Waals surface area contributed by atoms with Gasteiger partial charge in [-0.25, -0.2) is 9.97 Å². The van der Waals surface area contributed by atoms with Crippen LogP contribution in [0.2, 0.25) is 0 Å². The van der Waals surface area contributed by atoms with Gasteiger partial charge >= 0.3 is 0 Å².